The van der Waals surface area contributed by atoms with Gasteiger partial charge in [0.15, 0.2) is 11.6 Å². The summed E-state index contributed by atoms with van der Waals surface area (Å²) >= 11 is 1.77. The third-order valence-corrected chi connectivity index (χ3v) is 10.7. The Morgan fingerprint density at radius 3 is 2.18 bits per heavy atom. The number of fused-ring (bicyclic) bond motifs is 9. The zero-order chi connectivity index (χ0) is 37.8. The van der Waals surface area contributed by atoms with Crippen LogP contribution in [0.3, 0.4) is 0 Å². The van der Waals surface area contributed by atoms with E-state index < -0.39 is 6.04 Å². The van der Waals surface area contributed by atoms with Gasteiger partial charge in [0.1, 0.15) is 11.2 Å². The summed E-state index contributed by atoms with van der Waals surface area (Å²) in [6.07, 6.45) is 0. The van der Waals surface area contributed by atoms with Gasteiger partial charge in [0.2, 0.25) is 5.95 Å². The minimum atomic E-state index is -0.432. The summed E-state index contributed by atoms with van der Waals surface area (Å²) in [6.45, 7) is 0. The Morgan fingerprint density at radius 1 is 0.510 bits per heavy atom. The lowest BCUT2D eigenvalue weighted by Crippen LogP contribution is -2.06. The molecule has 0 unspecified atom stereocenters. The molecule has 0 saturated heterocycles. The van der Waals surface area contributed by atoms with E-state index in [1.165, 1.54) is 20.2 Å². The van der Waals surface area contributed by atoms with E-state index in [9.17, 15) is 0 Å². The van der Waals surface area contributed by atoms with Gasteiger partial charge in [-0.25, -0.2) is 4.98 Å². The zero-order valence-corrected chi connectivity index (χ0v) is 27.5. The summed E-state index contributed by atoms with van der Waals surface area (Å²) in [7, 11) is 0. The number of aromatic nitrogens is 4. The van der Waals surface area contributed by atoms with Crippen molar-refractivity contribution >= 4 is 75.3 Å². The van der Waals surface area contributed by atoms with Gasteiger partial charge in [-0.1, -0.05) is 115 Å². The number of benzene rings is 7. The van der Waals surface area contributed by atoms with Crippen LogP contribution in [0.5, 0.6) is 0 Å². The van der Waals surface area contributed by atoms with Crippen molar-refractivity contribution in [2.24, 2.45) is 0 Å². The maximum atomic E-state index is 8.66. The van der Waals surface area contributed by atoms with E-state index in [0.29, 0.717) is 45.3 Å². The molecule has 4 aromatic heterocycles. The summed E-state index contributed by atoms with van der Waals surface area (Å²) in [4.78, 5) is 15.3. The minimum Gasteiger partial charge on any atom is -0.456 e. The first-order chi connectivity index (χ1) is 27.3. The van der Waals surface area contributed by atoms with Gasteiger partial charge in [-0.05, 0) is 53.6 Å². The van der Waals surface area contributed by atoms with Crippen molar-refractivity contribution < 1.29 is 11.3 Å². The predicted octanol–water partition coefficient (Wildman–Crippen LogP) is 12.2. The summed E-state index contributed by atoms with van der Waals surface area (Å²) in [5.74, 6) is 1.46. The lowest BCUT2D eigenvalue weighted by molar-refractivity contribution is 0.669. The summed E-state index contributed by atoms with van der Waals surface area (Å²) < 4.78 is 53.0. The fourth-order valence-corrected chi connectivity index (χ4v) is 8.39. The summed E-state index contributed by atoms with van der Waals surface area (Å²) in [6, 6.07) is 40.6. The number of thiophene rings is 1. The highest BCUT2D eigenvalue weighted by Crippen LogP contribution is 2.41. The molecule has 0 N–H and O–H groups in total. The van der Waals surface area contributed by atoms with Crippen LogP contribution in [-0.4, -0.2) is 19.5 Å². The van der Waals surface area contributed by atoms with Crippen LogP contribution >= 0.6 is 11.3 Å². The molecular weight excluding hydrogens is 645 g/mol. The zero-order valence-electron chi connectivity index (χ0n) is 31.7. The fraction of sp³-hybridized carbons (Fsp3) is 0. The van der Waals surface area contributed by atoms with Gasteiger partial charge in [0.05, 0.1) is 17.9 Å². The average molecular weight is 676 g/mol. The first-order valence-corrected chi connectivity index (χ1v) is 17.3. The van der Waals surface area contributed by atoms with Gasteiger partial charge in [-0.2, -0.15) is 9.97 Å². The Balaban J connectivity index is 1.14. The van der Waals surface area contributed by atoms with Crippen molar-refractivity contribution in [3.63, 3.8) is 0 Å². The predicted molar refractivity (Wildman–Crippen MR) is 211 cm³/mol. The molecule has 11 rings (SSSR count). The third-order valence-electron chi connectivity index (χ3n) is 9.55. The van der Waals surface area contributed by atoms with Crippen LogP contribution in [0.1, 0.15) is 6.85 Å². The molecule has 0 atom stereocenters. The van der Waals surface area contributed by atoms with Crippen molar-refractivity contribution in [2.75, 3.05) is 0 Å². The van der Waals surface area contributed by atoms with E-state index >= 15 is 0 Å². The average Bonchev–Trinajstić information content (AvgIpc) is 3.90. The smallest absolute Gasteiger partial charge is 0.238 e. The maximum Gasteiger partial charge on any atom is 0.238 e. The van der Waals surface area contributed by atoms with Crippen LogP contribution in [0.2, 0.25) is 0 Å². The minimum absolute atomic E-state index is 0.127. The Morgan fingerprint density at radius 2 is 1.29 bits per heavy atom. The first kappa shape index (κ1) is 23.7. The van der Waals surface area contributed by atoms with Crippen molar-refractivity contribution in [1.29, 1.82) is 0 Å². The molecule has 0 aliphatic carbocycles. The number of nitrogens with zero attached hydrogens (tertiary/aromatic N) is 4. The second-order valence-electron chi connectivity index (χ2n) is 12.5. The summed E-state index contributed by atoms with van der Waals surface area (Å²) in [5.41, 5.74) is 5.22. The molecule has 238 valence electrons. The largest absolute Gasteiger partial charge is 0.456 e. The maximum absolute atomic E-state index is 8.66. The number of furan rings is 1. The molecule has 4 heterocycles. The van der Waals surface area contributed by atoms with E-state index in [4.69, 9.17) is 26.2 Å². The molecule has 0 aliphatic heterocycles. The molecule has 0 amide bonds. The molecule has 51 heavy (non-hydrogen) atoms. The Bertz CT molecular complexity index is 3420. The lowest BCUT2D eigenvalue weighted by atomic mass is 9.99. The number of rotatable bonds is 4. The Hall–Kier alpha value is -6.63. The first-order valence-electron chi connectivity index (χ1n) is 19.0. The molecule has 5 nitrogen and oxygen atoms in total. The molecule has 6 heteroatoms. The van der Waals surface area contributed by atoms with Crippen LogP contribution in [0, 0.1) is 0 Å². The van der Waals surface area contributed by atoms with Crippen LogP contribution in [0.15, 0.2) is 162 Å². The Kier molecular flexibility index (Phi) is 5.08. The highest BCUT2D eigenvalue weighted by atomic mass is 32.1. The highest BCUT2D eigenvalue weighted by molar-refractivity contribution is 7.25. The molecule has 0 spiro atoms. The van der Waals surface area contributed by atoms with Gasteiger partial charge in [0.25, 0.3) is 0 Å². The quantitative estimate of drug-likeness (QED) is 0.186. The molecule has 0 fully saturated rings. The second-order valence-corrected chi connectivity index (χ2v) is 13.5. The second kappa shape index (κ2) is 10.9. The number of hydrogen-bond donors (Lipinski definition) is 0. The fourth-order valence-electron chi connectivity index (χ4n) is 7.27. The number of para-hydroxylation sites is 1. The molecule has 7 aromatic carbocycles. The van der Waals surface area contributed by atoms with E-state index in [0.717, 1.165) is 32.8 Å². The van der Waals surface area contributed by atoms with E-state index in [2.05, 4.69) is 59.2 Å². The molecule has 0 bridgehead atoms. The standard InChI is InChI=1S/C45H26N4OS/c1-3-12-27(13-4-1)30-18-11-20-38-42(30)33-23-22-29(24-39(33)50-38)44-46-43(28-14-5-2-6-15-28)47-45(48-44)49-36-19-9-7-16-31(36)34-25-35-32-17-8-10-21-40(32)51-41(35)26-37(34)49/h1-26H/i1D,3D,4D,12D,13D. The normalized spacial score (nSPS) is 13.3. The van der Waals surface area contributed by atoms with Crippen molar-refractivity contribution in [3.05, 3.63) is 158 Å². The third kappa shape index (κ3) is 4.37. The van der Waals surface area contributed by atoms with Crippen LogP contribution < -0.4 is 0 Å². The highest BCUT2D eigenvalue weighted by Gasteiger charge is 2.20. The van der Waals surface area contributed by atoms with Crippen LogP contribution in [-0.2, 0) is 0 Å². The summed E-state index contributed by atoms with van der Waals surface area (Å²) in [5, 5.41) is 6.06. The van der Waals surface area contributed by atoms with E-state index in [-0.39, 0.29) is 29.7 Å². The van der Waals surface area contributed by atoms with E-state index in [1.54, 1.807) is 23.5 Å². The monoisotopic (exact) mass is 675 g/mol. The van der Waals surface area contributed by atoms with Crippen LogP contribution in [0.25, 0.3) is 104 Å². The SMILES string of the molecule is [2H]c1c([2H])c([2H])c(-c2cccc3oc4cc(-c5nc(-c6ccccc6)nc(-n6c7ccccc7c7cc8c(cc76)sc6ccccc68)n5)ccc4c23)c([2H])c1[2H]. The van der Waals surface area contributed by atoms with Gasteiger partial charge < -0.3 is 4.42 Å². The van der Waals surface area contributed by atoms with Gasteiger partial charge >= 0.3 is 0 Å². The molecule has 11 aromatic rings. The van der Waals surface area contributed by atoms with Crippen LogP contribution in [0.4, 0.5) is 0 Å². The number of hydrogen-bond acceptors (Lipinski definition) is 5. The lowest BCUT2D eigenvalue weighted by Gasteiger charge is -2.11. The molecular formula is C45H26N4OS. The van der Waals surface area contributed by atoms with Gasteiger partial charge in [-0.15, -0.1) is 11.3 Å². The van der Waals surface area contributed by atoms with Crippen molar-refractivity contribution in [2.45, 2.75) is 0 Å². The topological polar surface area (TPSA) is 56.7 Å². The molecule has 0 radical (unpaired) electrons. The molecule has 0 saturated carbocycles. The van der Waals surface area contributed by atoms with Gasteiger partial charge in [-0.3, -0.25) is 4.57 Å². The molecule has 0 aliphatic rings. The van der Waals surface area contributed by atoms with Gasteiger partial charge in [0, 0.05) is 52.8 Å². The van der Waals surface area contributed by atoms with E-state index in [1.807, 2.05) is 60.7 Å². The van der Waals surface area contributed by atoms with Crippen molar-refractivity contribution in [1.82, 2.24) is 19.5 Å². The van der Waals surface area contributed by atoms with Crippen molar-refractivity contribution in [3.8, 4) is 39.9 Å². The Labute approximate surface area is 302 Å².